The normalized spacial score (nSPS) is 11.6. The van der Waals surface area contributed by atoms with Crippen molar-refractivity contribution in [3.63, 3.8) is 0 Å². The van der Waals surface area contributed by atoms with Crippen molar-refractivity contribution in [3.8, 4) is 0 Å². The molecule has 1 aromatic heterocycles. The van der Waals surface area contributed by atoms with Crippen LogP contribution in [0.5, 0.6) is 0 Å². The summed E-state index contributed by atoms with van der Waals surface area (Å²) in [6, 6.07) is 7.11. The molecule has 2 N–H and O–H groups in total. The van der Waals surface area contributed by atoms with Crippen LogP contribution in [-0.4, -0.2) is 19.8 Å². The number of aryl methyl sites for hydroxylation is 2. The standard InChI is InChI=1S/C14H17NO4S2/c1-9-13(8-16)14(10(2)19-9)21(17,18)15-11-5-4-6-12(7-11)20-3/h4-7,15-16H,8H2,1-3H3. The minimum absolute atomic E-state index is 0.0112. The van der Waals surface area contributed by atoms with E-state index in [0.717, 1.165) is 4.90 Å². The van der Waals surface area contributed by atoms with Crippen molar-refractivity contribution in [3.05, 3.63) is 41.3 Å². The van der Waals surface area contributed by atoms with Crippen LogP contribution in [-0.2, 0) is 16.6 Å². The van der Waals surface area contributed by atoms with E-state index in [2.05, 4.69) is 4.72 Å². The first-order chi connectivity index (χ1) is 9.89. The zero-order valence-corrected chi connectivity index (χ0v) is 13.6. The van der Waals surface area contributed by atoms with Crippen LogP contribution >= 0.6 is 11.8 Å². The van der Waals surface area contributed by atoms with Gasteiger partial charge < -0.3 is 9.52 Å². The molecule has 0 bridgehead atoms. The Morgan fingerprint density at radius 3 is 2.62 bits per heavy atom. The molecule has 0 aliphatic carbocycles. The van der Waals surface area contributed by atoms with Gasteiger partial charge in [-0.05, 0) is 38.3 Å². The number of anilines is 1. The van der Waals surface area contributed by atoms with E-state index >= 15 is 0 Å². The average Bonchev–Trinajstić information content (AvgIpc) is 2.73. The van der Waals surface area contributed by atoms with E-state index in [4.69, 9.17) is 4.42 Å². The fourth-order valence-electron chi connectivity index (χ4n) is 2.14. The van der Waals surface area contributed by atoms with Crippen molar-refractivity contribution in [2.24, 2.45) is 0 Å². The van der Waals surface area contributed by atoms with Gasteiger partial charge in [0.25, 0.3) is 10.0 Å². The topological polar surface area (TPSA) is 79.5 Å². The third kappa shape index (κ3) is 3.25. The molecule has 0 spiro atoms. The Hall–Kier alpha value is -1.44. The van der Waals surface area contributed by atoms with Crippen LogP contribution in [0.25, 0.3) is 0 Å². The second-order valence-electron chi connectivity index (χ2n) is 4.52. The van der Waals surface area contributed by atoms with Crippen LogP contribution in [0.1, 0.15) is 17.1 Å². The van der Waals surface area contributed by atoms with E-state index in [1.807, 2.05) is 12.3 Å². The van der Waals surface area contributed by atoms with Gasteiger partial charge in [0.2, 0.25) is 0 Å². The highest BCUT2D eigenvalue weighted by molar-refractivity contribution is 7.98. The van der Waals surface area contributed by atoms with Crippen LogP contribution in [0, 0.1) is 13.8 Å². The first-order valence-electron chi connectivity index (χ1n) is 6.25. The van der Waals surface area contributed by atoms with Gasteiger partial charge in [0.1, 0.15) is 16.4 Å². The van der Waals surface area contributed by atoms with E-state index in [1.165, 1.54) is 11.8 Å². The minimum atomic E-state index is -3.80. The number of benzene rings is 1. The molecule has 0 aliphatic heterocycles. The Balaban J connectivity index is 2.43. The molecule has 0 fully saturated rings. The Bertz CT molecular complexity index is 750. The van der Waals surface area contributed by atoms with Gasteiger partial charge in [-0.2, -0.15) is 0 Å². The van der Waals surface area contributed by atoms with Gasteiger partial charge in [-0.25, -0.2) is 8.42 Å². The summed E-state index contributed by atoms with van der Waals surface area (Å²) < 4.78 is 32.9. The second kappa shape index (κ2) is 6.13. The Kier molecular flexibility index (Phi) is 4.65. The third-order valence-electron chi connectivity index (χ3n) is 3.07. The highest BCUT2D eigenvalue weighted by Gasteiger charge is 2.26. The highest BCUT2D eigenvalue weighted by atomic mass is 32.2. The number of sulfonamides is 1. The fourth-order valence-corrected chi connectivity index (χ4v) is 4.09. The van der Waals surface area contributed by atoms with Gasteiger partial charge in [0.15, 0.2) is 0 Å². The molecule has 21 heavy (non-hydrogen) atoms. The third-order valence-corrected chi connectivity index (χ3v) is 5.37. The first kappa shape index (κ1) is 15.9. The van der Waals surface area contributed by atoms with Gasteiger partial charge in [0.05, 0.1) is 6.61 Å². The van der Waals surface area contributed by atoms with E-state index in [-0.39, 0.29) is 17.3 Å². The zero-order valence-electron chi connectivity index (χ0n) is 12.0. The van der Waals surface area contributed by atoms with Crippen LogP contribution in [0.2, 0.25) is 0 Å². The van der Waals surface area contributed by atoms with Crippen LogP contribution < -0.4 is 4.72 Å². The molecule has 0 unspecified atom stereocenters. The molecule has 0 radical (unpaired) electrons. The predicted molar refractivity (Wildman–Crippen MR) is 83.1 cm³/mol. The summed E-state index contributed by atoms with van der Waals surface area (Å²) in [5, 5.41) is 9.37. The molecule has 2 rings (SSSR count). The summed E-state index contributed by atoms with van der Waals surface area (Å²) in [5.41, 5.74) is 0.769. The summed E-state index contributed by atoms with van der Waals surface area (Å²) in [6.45, 7) is 2.81. The maximum atomic E-state index is 12.5. The van der Waals surface area contributed by atoms with Crippen molar-refractivity contribution in [2.75, 3.05) is 11.0 Å². The molecule has 2 aromatic rings. The average molecular weight is 327 g/mol. The van der Waals surface area contributed by atoms with Crippen molar-refractivity contribution >= 4 is 27.5 Å². The van der Waals surface area contributed by atoms with Crippen molar-refractivity contribution in [2.45, 2.75) is 30.2 Å². The van der Waals surface area contributed by atoms with Crippen molar-refractivity contribution < 1.29 is 17.9 Å². The number of aliphatic hydroxyl groups excluding tert-OH is 1. The number of nitrogens with one attached hydrogen (secondary N) is 1. The number of hydrogen-bond donors (Lipinski definition) is 2. The van der Waals surface area contributed by atoms with Gasteiger partial charge in [-0.3, -0.25) is 4.72 Å². The fraction of sp³-hybridized carbons (Fsp3) is 0.286. The summed E-state index contributed by atoms with van der Waals surface area (Å²) in [5.74, 6) is 0.679. The smallest absolute Gasteiger partial charge is 0.265 e. The summed E-state index contributed by atoms with van der Waals surface area (Å²) in [7, 11) is -3.80. The minimum Gasteiger partial charge on any atom is -0.465 e. The lowest BCUT2D eigenvalue weighted by Gasteiger charge is -2.09. The van der Waals surface area contributed by atoms with Gasteiger partial charge in [-0.15, -0.1) is 11.8 Å². The second-order valence-corrected chi connectivity index (χ2v) is 7.02. The Morgan fingerprint density at radius 2 is 2.00 bits per heavy atom. The molecule has 0 amide bonds. The largest absolute Gasteiger partial charge is 0.465 e. The number of thioether (sulfide) groups is 1. The molecule has 7 heteroatoms. The molecule has 1 aromatic carbocycles. The van der Waals surface area contributed by atoms with Gasteiger partial charge in [0, 0.05) is 16.1 Å². The zero-order chi connectivity index (χ0) is 15.6. The maximum absolute atomic E-state index is 12.5. The van der Waals surface area contributed by atoms with Crippen LogP contribution in [0.3, 0.4) is 0 Å². The summed E-state index contributed by atoms with van der Waals surface area (Å²) >= 11 is 1.53. The maximum Gasteiger partial charge on any atom is 0.265 e. The number of rotatable bonds is 5. The lowest BCUT2D eigenvalue weighted by Crippen LogP contribution is -2.15. The number of furan rings is 1. The lowest BCUT2D eigenvalue weighted by molar-refractivity contribution is 0.276. The molecule has 5 nitrogen and oxygen atoms in total. The van der Waals surface area contributed by atoms with E-state index in [0.29, 0.717) is 17.0 Å². The molecule has 0 saturated heterocycles. The monoisotopic (exact) mass is 327 g/mol. The van der Waals surface area contributed by atoms with E-state index in [9.17, 15) is 13.5 Å². The number of hydrogen-bond acceptors (Lipinski definition) is 5. The van der Waals surface area contributed by atoms with Crippen LogP contribution in [0.15, 0.2) is 38.5 Å². The Morgan fingerprint density at radius 1 is 1.29 bits per heavy atom. The van der Waals surface area contributed by atoms with Crippen molar-refractivity contribution in [1.82, 2.24) is 0 Å². The lowest BCUT2D eigenvalue weighted by atomic mass is 10.2. The van der Waals surface area contributed by atoms with Crippen LogP contribution in [0.4, 0.5) is 5.69 Å². The summed E-state index contributed by atoms with van der Waals surface area (Å²) in [6.07, 6.45) is 1.92. The van der Waals surface area contributed by atoms with E-state index < -0.39 is 10.0 Å². The summed E-state index contributed by atoms with van der Waals surface area (Å²) in [4.78, 5) is 0.967. The van der Waals surface area contributed by atoms with E-state index in [1.54, 1.807) is 32.0 Å². The molecule has 0 saturated carbocycles. The SMILES string of the molecule is CSc1cccc(NS(=O)(=O)c2c(C)oc(C)c2CO)c1. The highest BCUT2D eigenvalue weighted by Crippen LogP contribution is 2.29. The molecule has 0 aliphatic rings. The van der Waals surface area contributed by atoms with Gasteiger partial charge in [-0.1, -0.05) is 6.07 Å². The Labute approximate surface area is 128 Å². The quantitative estimate of drug-likeness (QED) is 0.826. The predicted octanol–water partition coefficient (Wildman–Crippen LogP) is 2.91. The van der Waals surface area contributed by atoms with Gasteiger partial charge >= 0.3 is 0 Å². The molecular formula is C14H17NO4S2. The molecule has 1 heterocycles. The first-order valence-corrected chi connectivity index (χ1v) is 8.96. The molecule has 114 valence electrons. The molecule has 0 atom stereocenters. The van der Waals surface area contributed by atoms with Crippen molar-refractivity contribution in [1.29, 1.82) is 0 Å². The number of aliphatic hydroxyl groups is 1. The molecular weight excluding hydrogens is 310 g/mol.